The van der Waals surface area contributed by atoms with E-state index in [4.69, 9.17) is 9.90 Å². The molecule has 298 valence electrons. The second-order valence-corrected chi connectivity index (χ2v) is 13.1. The monoisotopic (exact) mass is 859 g/mol. The summed E-state index contributed by atoms with van der Waals surface area (Å²) in [5, 5.41) is 24.4. The number of carbonyl (C=O) groups is 4. The molecule has 0 radical (unpaired) electrons. The van der Waals surface area contributed by atoms with Crippen molar-refractivity contribution >= 4 is 48.3 Å². The van der Waals surface area contributed by atoms with Crippen molar-refractivity contribution in [2.75, 3.05) is 31.3 Å². The van der Waals surface area contributed by atoms with Crippen LogP contribution in [0.15, 0.2) is 95.9 Å². The molecule has 9 nitrogen and oxygen atoms in total. The molecule has 15 heteroatoms. The Hall–Kier alpha value is -1.71. The maximum absolute atomic E-state index is 13.0. The number of hydrogen-bond donors (Lipinski definition) is 3. The topological polar surface area (TPSA) is 150 Å². The Morgan fingerprint density at radius 3 is 1.88 bits per heavy atom. The number of aldehydes is 1. The SMILES string of the molecule is C=O.CC1CCCCC1.CCNSc1cccc(C=O)c1.CNc1ccc(C(F)(F)F)cc1C(=O)Nc1ccc(CCc2ccc(C(=O)[O-])cc2)cc1.C[O-].[K+].[K+]. The molecule has 3 N–H and O–H groups in total. The Morgan fingerprint density at radius 2 is 1.42 bits per heavy atom. The van der Waals surface area contributed by atoms with Crippen LogP contribution in [0.5, 0.6) is 0 Å². The summed E-state index contributed by atoms with van der Waals surface area (Å²) < 4.78 is 42.1. The Labute approximate surface area is 424 Å². The van der Waals surface area contributed by atoms with E-state index in [1.165, 1.54) is 57.4 Å². The Kier molecular flexibility index (Phi) is 33.3. The third kappa shape index (κ3) is 23.0. The first-order valence-electron chi connectivity index (χ1n) is 17.7. The van der Waals surface area contributed by atoms with Crippen LogP contribution in [0.1, 0.15) is 93.7 Å². The predicted molar refractivity (Wildman–Crippen MR) is 210 cm³/mol. The maximum Gasteiger partial charge on any atom is 1.00 e. The average Bonchev–Trinajstić information content (AvgIpc) is 3.21. The first-order chi connectivity index (χ1) is 26.4. The largest absolute Gasteiger partial charge is 1.00 e. The smallest absolute Gasteiger partial charge is 0.857 e. The number of anilines is 2. The van der Waals surface area contributed by atoms with Crippen molar-refractivity contribution in [3.05, 3.63) is 124 Å². The van der Waals surface area contributed by atoms with Gasteiger partial charge in [-0.1, -0.05) is 94.5 Å². The molecule has 4 aromatic carbocycles. The van der Waals surface area contributed by atoms with E-state index in [-0.39, 0.29) is 120 Å². The Bertz CT molecular complexity index is 1730. The zero-order chi connectivity index (χ0) is 41.2. The average molecular weight is 860 g/mol. The number of carbonyl (C=O) groups excluding carboxylic acids is 4. The van der Waals surface area contributed by atoms with Gasteiger partial charge < -0.3 is 30.4 Å². The molecule has 0 saturated heterocycles. The Morgan fingerprint density at radius 1 is 0.860 bits per heavy atom. The minimum absolute atomic E-state index is 0. The van der Waals surface area contributed by atoms with Gasteiger partial charge in [-0.25, -0.2) is 0 Å². The van der Waals surface area contributed by atoms with Crippen LogP contribution in [-0.2, 0) is 23.8 Å². The van der Waals surface area contributed by atoms with Crippen molar-refractivity contribution in [3.63, 3.8) is 0 Å². The van der Waals surface area contributed by atoms with Crippen molar-refractivity contribution in [2.24, 2.45) is 5.92 Å². The van der Waals surface area contributed by atoms with Crippen molar-refractivity contribution in [1.82, 2.24) is 4.72 Å². The molecule has 0 heterocycles. The number of halogens is 3. The summed E-state index contributed by atoms with van der Waals surface area (Å²) in [6, 6.07) is 23.9. The van der Waals surface area contributed by atoms with Crippen LogP contribution in [0.3, 0.4) is 0 Å². The first-order valence-corrected chi connectivity index (χ1v) is 18.5. The molecule has 57 heavy (non-hydrogen) atoms. The Balaban J connectivity index is 0. The van der Waals surface area contributed by atoms with Crippen LogP contribution >= 0.6 is 11.9 Å². The number of carboxylic acids is 1. The zero-order valence-electron chi connectivity index (χ0n) is 33.7. The quantitative estimate of drug-likeness (QED) is 0.116. The van der Waals surface area contributed by atoms with Crippen LogP contribution in [0.25, 0.3) is 0 Å². The molecule has 0 atom stereocenters. The number of nitrogens with one attached hydrogen (secondary N) is 3. The number of amides is 1. The fraction of sp³-hybridized carbons (Fsp3) is 0.333. The standard InChI is InChI=1S/C24H21F3N2O3.C9H11NOS.C7H14.CH3O.CH2O.2K/c1-28-21-13-10-18(24(25,26)27)14-20(21)22(30)29-19-11-6-16(7-12-19)3-2-15-4-8-17(9-5-15)23(31)32;1-2-10-12-9-5-3-4-8(6-9)7-11;1-7-5-3-2-4-6-7;2*1-2;;/h4-14,28H,2-3H2,1H3,(H,29,30)(H,31,32);3-7,10H,2H2,1H3;7H,2-6H2,1H3;1H3;1H2;;/q;;;-1;;2*+1/p-1. The van der Waals surface area contributed by atoms with E-state index in [1.54, 1.807) is 42.3 Å². The zero-order valence-corrected chi connectivity index (χ0v) is 40.7. The minimum Gasteiger partial charge on any atom is -0.857 e. The molecular formula is C42H50F3K2N3O6S. The summed E-state index contributed by atoms with van der Waals surface area (Å²) in [5.41, 5.74) is 2.54. The fourth-order valence-corrected chi connectivity index (χ4v) is 5.94. The molecule has 1 aliphatic rings. The van der Waals surface area contributed by atoms with Gasteiger partial charge in [0.2, 0.25) is 0 Å². The summed E-state index contributed by atoms with van der Waals surface area (Å²) in [5.74, 6) is -0.837. The maximum atomic E-state index is 13.0. The summed E-state index contributed by atoms with van der Waals surface area (Å²) in [4.78, 5) is 42.8. The van der Waals surface area contributed by atoms with Gasteiger partial charge in [-0.15, -0.1) is 0 Å². The van der Waals surface area contributed by atoms with Gasteiger partial charge in [-0.2, -0.15) is 20.3 Å². The van der Waals surface area contributed by atoms with Gasteiger partial charge in [0.15, 0.2) is 0 Å². The number of aromatic carboxylic acids is 1. The molecule has 4 aromatic rings. The summed E-state index contributed by atoms with van der Waals surface area (Å²) in [7, 11) is 2.28. The molecule has 0 unspecified atom stereocenters. The fourth-order valence-electron chi connectivity index (χ4n) is 5.29. The van der Waals surface area contributed by atoms with Gasteiger partial charge in [0.05, 0.1) is 17.1 Å². The number of hydrogen-bond acceptors (Lipinski definition) is 9. The van der Waals surface area contributed by atoms with Gasteiger partial charge >= 0.3 is 109 Å². The third-order valence-corrected chi connectivity index (χ3v) is 9.11. The van der Waals surface area contributed by atoms with E-state index in [2.05, 4.69) is 22.3 Å². The first kappa shape index (κ1) is 57.4. The van der Waals surface area contributed by atoms with Crippen LogP contribution < -0.4 is 128 Å². The molecule has 0 aromatic heterocycles. The van der Waals surface area contributed by atoms with Crippen LogP contribution in [0, 0.1) is 5.92 Å². The number of benzene rings is 4. The van der Waals surface area contributed by atoms with Gasteiger partial charge in [-0.05, 0) is 89.9 Å². The van der Waals surface area contributed by atoms with Crippen molar-refractivity contribution in [2.45, 2.75) is 69.9 Å². The van der Waals surface area contributed by atoms with Gasteiger partial charge in [0, 0.05) is 35.4 Å². The van der Waals surface area contributed by atoms with E-state index < -0.39 is 23.6 Å². The van der Waals surface area contributed by atoms with E-state index in [0.717, 1.165) is 59.6 Å². The minimum atomic E-state index is -4.55. The molecule has 1 saturated carbocycles. The molecule has 5 rings (SSSR count). The normalized spacial score (nSPS) is 11.6. The van der Waals surface area contributed by atoms with Crippen LogP contribution in [0.4, 0.5) is 24.5 Å². The summed E-state index contributed by atoms with van der Waals surface area (Å²) in [6.45, 7) is 7.31. The van der Waals surface area contributed by atoms with Crippen molar-refractivity contribution < 1.29 is 145 Å². The molecule has 0 aliphatic heterocycles. The van der Waals surface area contributed by atoms with E-state index in [1.807, 2.05) is 44.0 Å². The van der Waals surface area contributed by atoms with E-state index in [0.29, 0.717) is 18.5 Å². The predicted octanol–water partition coefficient (Wildman–Crippen LogP) is 1.65. The molecule has 1 aliphatic carbocycles. The molecule has 1 amide bonds. The third-order valence-electron chi connectivity index (χ3n) is 8.19. The molecular weight excluding hydrogens is 810 g/mol. The molecule has 1 fully saturated rings. The number of aryl methyl sites for hydroxylation is 2. The second-order valence-electron chi connectivity index (χ2n) is 12.2. The number of rotatable bonds is 11. The van der Waals surface area contributed by atoms with E-state index in [9.17, 15) is 32.7 Å². The molecule has 0 bridgehead atoms. The van der Waals surface area contributed by atoms with Crippen LogP contribution in [-0.4, -0.2) is 45.7 Å². The molecule has 0 spiro atoms. The summed E-state index contributed by atoms with van der Waals surface area (Å²) >= 11 is 1.54. The number of alkyl halides is 3. The summed E-state index contributed by atoms with van der Waals surface area (Å²) in [6.07, 6.45) is 5.13. The van der Waals surface area contributed by atoms with Crippen LogP contribution in [0.2, 0.25) is 0 Å². The number of carboxylic acid groups (broad SMARTS) is 1. The van der Waals surface area contributed by atoms with Gasteiger partial charge in [-0.3, -0.25) is 14.3 Å². The van der Waals surface area contributed by atoms with Gasteiger partial charge in [0.25, 0.3) is 5.91 Å². The van der Waals surface area contributed by atoms with Gasteiger partial charge in [0.1, 0.15) is 13.1 Å². The van der Waals surface area contributed by atoms with Crippen molar-refractivity contribution in [1.29, 1.82) is 0 Å². The van der Waals surface area contributed by atoms with E-state index >= 15 is 0 Å². The van der Waals surface area contributed by atoms with Crippen molar-refractivity contribution in [3.8, 4) is 0 Å². The second kappa shape index (κ2) is 33.1.